The first kappa shape index (κ1) is 23.0. The van der Waals surface area contributed by atoms with Crippen LogP contribution in [0.2, 0.25) is 0 Å². The standard InChI is InChI=1S/C26H37NO2/c1-3-4-5-6-7-9-12-23-17-19-24(20-18-23)16-15-22(2)27-26(28)29-21-25-13-10-8-11-14-25/h8,10-11,13-14,17-20,22H,3-7,9,12,15-16,21H2,1-2H3,(H,27,28). The summed E-state index contributed by atoms with van der Waals surface area (Å²) in [6.45, 7) is 4.59. The first-order valence-corrected chi connectivity index (χ1v) is 11.2. The fourth-order valence-electron chi connectivity index (χ4n) is 3.40. The summed E-state index contributed by atoms with van der Waals surface area (Å²) in [4.78, 5) is 11.9. The minimum Gasteiger partial charge on any atom is -0.445 e. The highest BCUT2D eigenvalue weighted by atomic mass is 16.5. The average Bonchev–Trinajstić information content (AvgIpc) is 2.75. The van der Waals surface area contributed by atoms with E-state index in [1.807, 2.05) is 37.3 Å². The molecule has 0 saturated carbocycles. The third-order valence-electron chi connectivity index (χ3n) is 5.29. The van der Waals surface area contributed by atoms with Crippen molar-refractivity contribution in [2.24, 2.45) is 0 Å². The second kappa shape index (κ2) is 13.8. The summed E-state index contributed by atoms with van der Waals surface area (Å²) in [6, 6.07) is 18.8. The number of unbranched alkanes of at least 4 members (excludes halogenated alkanes) is 5. The van der Waals surface area contributed by atoms with Crippen LogP contribution in [-0.4, -0.2) is 12.1 Å². The molecule has 0 aliphatic carbocycles. The van der Waals surface area contributed by atoms with Gasteiger partial charge in [0.15, 0.2) is 0 Å². The topological polar surface area (TPSA) is 38.3 Å². The van der Waals surface area contributed by atoms with Crippen LogP contribution in [0.4, 0.5) is 4.79 Å². The Hall–Kier alpha value is -2.29. The maximum atomic E-state index is 11.9. The number of ether oxygens (including phenoxy) is 1. The van der Waals surface area contributed by atoms with Crippen molar-refractivity contribution in [1.82, 2.24) is 5.32 Å². The number of carbonyl (C=O) groups excluding carboxylic acids is 1. The van der Waals surface area contributed by atoms with Gasteiger partial charge in [0.1, 0.15) is 6.61 Å². The molecule has 1 amide bonds. The van der Waals surface area contributed by atoms with Crippen LogP contribution in [0.3, 0.4) is 0 Å². The molecular formula is C26H37NO2. The molecular weight excluding hydrogens is 358 g/mol. The van der Waals surface area contributed by atoms with Gasteiger partial charge in [-0.25, -0.2) is 4.79 Å². The van der Waals surface area contributed by atoms with Crippen molar-refractivity contribution in [3.8, 4) is 0 Å². The molecule has 0 aromatic heterocycles. The Bertz CT molecular complexity index is 682. The highest BCUT2D eigenvalue weighted by Crippen LogP contribution is 2.13. The van der Waals surface area contributed by atoms with Crippen LogP contribution in [0.5, 0.6) is 0 Å². The number of hydrogen-bond acceptors (Lipinski definition) is 2. The van der Waals surface area contributed by atoms with Crippen molar-refractivity contribution < 1.29 is 9.53 Å². The third-order valence-corrected chi connectivity index (χ3v) is 5.29. The van der Waals surface area contributed by atoms with Crippen LogP contribution in [-0.2, 0) is 24.2 Å². The number of amides is 1. The molecule has 2 rings (SSSR count). The minimum atomic E-state index is -0.351. The van der Waals surface area contributed by atoms with Gasteiger partial charge in [0, 0.05) is 6.04 Å². The minimum absolute atomic E-state index is 0.0843. The van der Waals surface area contributed by atoms with Crippen molar-refractivity contribution in [2.75, 3.05) is 0 Å². The first-order valence-electron chi connectivity index (χ1n) is 11.2. The molecule has 3 heteroatoms. The smallest absolute Gasteiger partial charge is 0.407 e. The first-order chi connectivity index (χ1) is 14.2. The fourth-order valence-corrected chi connectivity index (χ4v) is 3.40. The Morgan fingerprint density at radius 3 is 2.14 bits per heavy atom. The molecule has 0 aliphatic heterocycles. The van der Waals surface area contributed by atoms with E-state index in [4.69, 9.17) is 4.74 Å². The van der Waals surface area contributed by atoms with Gasteiger partial charge in [-0.1, -0.05) is 93.6 Å². The SMILES string of the molecule is CCCCCCCCc1ccc(CCC(C)NC(=O)OCc2ccccc2)cc1. The molecule has 2 aromatic rings. The lowest BCUT2D eigenvalue weighted by molar-refractivity contribution is 0.136. The van der Waals surface area contributed by atoms with Gasteiger partial charge in [0.05, 0.1) is 0 Å². The predicted molar refractivity (Wildman–Crippen MR) is 121 cm³/mol. The second-order valence-corrected chi connectivity index (χ2v) is 7.98. The van der Waals surface area contributed by atoms with Crippen molar-refractivity contribution in [1.29, 1.82) is 0 Å². The molecule has 2 aromatic carbocycles. The van der Waals surface area contributed by atoms with Crippen LogP contribution in [0.15, 0.2) is 54.6 Å². The van der Waals surface area contributed by atoms with Gasteiger partial charge >= 0.3 is 6.09 Å². The maximum absolute atomic E-state index is 11.9. The van der Waals surface area contributed by atoms with Gasteiger partial charge in [-0.2, -0.15) is 0 Å². The molecule has 1 unspecified atom stereocenters. The number of hydrogen-bond donors (Lipinski definition) is 1. The largest absolute Gasteiger partial charge is 0.445 e. The molecule has 158 valence electrons. The molecule has 29 heavy (non-hydrogen) atoms. The summed E-state index contributed by atoms with van der Waals surface area (Å²) < 4.78 is 5.28. The van der Waals surface area contributed by atoms with Gasteiger partial charge < -0.3 is 10.1 Å². The lowest BCUT2D eigenvalue weighted by Crippen LogP contribution is -2.33. The Balaban J connectivity index is 1.60. The third kappa shape index (κ3) is 10.2. The van der Waals surface area contributed by atoms with Gasteiger partial charge in [0.2, 0.25) is 0 Å². The Kier molecular flexibility index (Phi) is 11.0. The summed E-state index contributed by atoms with van der Waals surface area (Å²) in [6.07, 6.45) is 10.7. The number of rotatable bonds is 13. The highest BCUT2D eigenvalue weighted by Gasteiger charge is 2.09. The van der Waals surface area contributed by atoms with Crippen molar-refractivity contribution in [2.45, 2.75) is 84.3 Å². The highest BCUT2D eigenvalue weighted by molar-refractivity contribution is 5.67. The van der Waals surface area contributed by atoms with Gasteiger partial charge in [-0.3, -0.25) is 0 Å². The number of aryl methyl sites for hydroxylation is 2. The molecule has 0 fully saturated rings. The van der Waals surface area contributed by atoms with Crippen LogP contribution in [0.1, 0.15) is 75.5 Å². The monoisotopic (exact) mass is 395 g/mol. The van der Waals surface area contributed by atoms with Crippen molar-refractivity contribution >= 4 is 6.09 Å². The quantitative estimate of drug-likeness (QED) is 0.377. The zero-order valence-corrected chi connectivity index (χ0v) is 18.2. The predicted octanol–water partition coefficient (Wildman–Crippen LogP) is 6.84. The summed E-state index contributed by atoms with van der Waals surface area (Å²) in [7, 11) is 0. The molecule has 1 N–H and O–H groups in total. The van der Waals surface area contributed by atoms with Gasteiger partial charge in [0.25, 0.3) is 0 Å². The van der Waals surface area contributed by atoms with E-state index in [0.29, 0.717) is 6.61 Å². The Morgan fingerprint density at radius 1 is 0.828 bits per heavy atom. The average molecular weight is 396 g/mol. The van der Waals surface area contributed by atoms with E-state index in [2.05, 4.69) is 36.5 Å². The fraction of sp³-hybridized carbons (Fsp3) is 0.500. The van der Waals surface area contributed by atoms with Gasteiger partial charge in [-0.05, 0) is 49.3 Å². The zero-order chi connectivity index (χ0) is 20.7. The van der Waals surface area contributed by atoms with Gasteiger partial charge in [-0.15, -0.1) is 0 Å². The van der Waals surface area contributed by atoms with E-state index >= 15 is 0 Å². The van der Waals surface area contributed by atoms with E-state index in [1.165, 1.54) is 56.1 Å². The molecule has 0 saturated heterocycles. The molecule has 0 spiro atoms. The van der Waals surface area contributed by atoms with E-state index in [0.717, 1.165) is 18.4 Å². The molecule has 0 aliphatic rings. The van der Waals surface area contributed by atoms with Crippen LogP contribution in [0, 0.1) is 0 Å². The summed E-state index contributed by atoms with van der Waals surface area (Å²) in [5.41, 5.74) is 3.75. The van der Waals surface area contributed by atoms with E-state index in [1.54, 1.807) is 0 Å². The van der Waals surface area contributed by atoms with Crippen molar-refractivity contribution in [3.05, 3.63) is 71.3 Å². The number of alkyl carbamates (subject to hydrolysis) is 1. The van der Waals surface area contributed by atoms with E-state index in [9.17, 15) is 4.79 Å². The number of carbonyl (C=O) groups is 1. The number of nitrogens with one attached hydrogen (secondary N) is 1. The van der Waals surface area contributed by atoms with Crippen LogP contribution in [0.25, 0.3) is 0 Å². The number of benzene rings is 2. The van der Waals surface area contributed by atoms with Crippen LogP contribution < -0.4 is 5.32 Å². The summed E-state index contributed by atoms with van der Waals surface area (Å²) in [5, 5.41) is 2.92. The van der Waals surface area contributed by atoms with E-state index < -0.39 is 0 Å². The van der Waals surface area contributed by atoms with Crippen molar-refractivity contribution in [3.63, 3.8) is 0 Å². The Labute approximate surface area is 176 Å². The molecule has 0 heterocycles. The van der Waals surface area contributed by atoms with Crippen LogP contribution >= 0.6 is 0 Å². The molecule has 0 bridgehead atoms. The zero-order valence-electron chi connectivity index (χ0n) is 18.2. The normalized spacial score (nSPS) is 11.8. The molecule has 0 radical (unpaired) electrons. The maximum Gasteiger partial charge on any atom is 0.407 e. The second-order valence-electron chi connectivity index (χ2n) is 7.98. The summed E-state index contributed by atoms with van der Waals surface area (Å²) >= 11 is 0. The van der Waals surface area contributed by atoms with E-state index in [-0.39, 0.29) is 12.1 Å². The summed E-state index contributed by atoms with van der Waals surface area (Å²) in [5.74, 6) is 0. The molecule has 1 atom stereocenters. The lowest BCUT2D eigenvalue weighted by Gasteiger charge is -2.14. The molecule has 3 nitrogen and oxygen atoms in total. The lowest BCUT2D eigenvalue weighted by atomic mass is 10.0. The Morgan fingerprint density at radius 2 is 1.45 bits per heavy atom.